The molecule has 0 aliphatic carbocycles. The molecule has 6 heteroatoms. The molecule has 2 heterocycles. The first-order valence-electron chi connectivity index (χ1n) is 9.14. The van der Waals surface area contributed by atoms with Gasteiger partial charge in [-0.1, -0.05) is 29.8 Å². The molecule has 0 atom stereocenters. The van der Waals surface area contributed by atoms with Crippen LogP contribution in [0.3, 0.4) is 0 Å². The van der Waals surface area contributed by atoms with E-state index in [0.717, 1.165) is 49.8 Å². The zero-order chi connectivity index (χ0) is 18.2. The van der Waals surface area contributed by atoms with E-state index in [1.807, 2.05) is 11.8 Å². The van der Waals surface area contributed by atoms with Gasteiger partial charge in [-0.25, -0.2) is 4.98 Å². The molecule has 1 fully saturated rings. The third-order valence-corrected chi connectivity index (χ3v) is 5.70. The van der Waals surface area contributed by atoms with E-state index in [9.17, 15) is 4.79 Å². The van der Waals surface area contributed by atoms with Gasteiger partial charge in [0, 0.05) is 49.5 Å². The zero-order valence-electron chi connectivity index (χ0n) is 15.2. The monoisotopic (exact) mass is 370 g/mol. The van der Waals surface area contributed by atoms with Crippen LogP contribution in [0.1, 0.15) is 24.0 Å². The van der Waals surface area contributed by atoms with Gasteiger partial charge < -0.3 is 10.2 Å². The Morgan fingerprint density at radius 2 is 2.00 bits per heavy atom. The van der Waals surface area contributed by atoms with Crippen LogP contribution in [0.2, 0.25) is 0 Å². The molecule has 3 rings (SSSR count). The molecule has 5 nitrogen and oxygen atoms in total. The Hall–Kier alpha value is -2.08. The van der Waals surface area contributed by atoms with Crippen molar-refractivity contribution >= 4 is 23.5 Å². The van der Waals surface area contributed by atoms with Crippen LogP contribution < -0.4 is 10.2 Å². The molecule has 1 saturated heterocycles. The lowest BCUT2D eigenvalue weighted by atomic mass is 9.96. The maximum absolute atomic E-state index is 12.3. The molecule has 0 spiro atoms. The van der Waals surface area contributed by atoms with Crippen molar-refractivity contribution in [2.75, 3.05) is 30.3 Å². The highest BCUT2D eigenvalue weighted by atomic mass is 32.2. The van der Waals surface area contributed by atoms with Crippen LogP contribution >= 0.6 is 11.8 Å². The third-order valence-electron chi connectivity index (χ3n) is 4.67. The first kappa shape index (κ1) is 18.7. The molecule has 0 bridgehead atoms. The number of hydrogen-bond donors (Lipinski definition) is 1. The van der Waals surface area contributed by atoms with Crippen molar-refractivity contribution in [3.63, 3.8) is 0 Å². The molecular formula is C20H26N4OS. The van der Waals surface area contributed by atoms with Gasteiger partial charge in [-0.3, -0.25) is 9.78 Å². The maximum atomic E-state index is 12.3. The number of aromatic nitrogens is 2. The maximum Gasteiger partial charge on any atom is 0.223 e. The summed E-state index contributed by atoms with van der Waals surface area (Å²) < 4.78 is 0. The van der Waals surface area contributed by atoms with Crippen molar-refractivity contribution in [2.24, 2.45) is 5.92 Å². The second kappa shape index (κ2) is 9.57. The van der Waals surface area contributed by atoms with Gasteiger partial charge in [0.15, 0.2) is 0 Å². The van der Waals surface area contributed by atoms with E-state index in [1.165, 1.54) is 11.1 Å². The summed E-state index contributed by atoms with van der Waals surface area (Å²) in [5.41, 5.74) is 2.62. The van der Waals surface area contributed by atoms with Crippen LogP contribution in [0.4, 0.5) is 5.82 Å². The number of nitrogens with zero attached hydrogens (tertiary/aromatic N) is 3. The largest absolute Gasteiger partial charge is 0.355 e. The number of carbonyl (C=O) groups is 1. The van der Waals surface area contributed by atoms with Crippen LogP contribution in [0, 0.1) is 12.8 Å². The summed E-state index contributed by atoms with van der Waals surface area (Å²) in [6.07, 6.45) is 6.92. The minimum Gasteiger partial charge on any atom is -0.355 e. The van der Waals surface area contributed by atoms with E-state index >= 15 is 0 Å². The molecule has 1 aliphatic heterocycles. The van der Waals surface area contributed by atoms with Crippen molar-refractivity contribution in [3.8, 4) is 0 Å². The minimum atomic E-state index is 0.116. The Kier molecular flexibility index (Phi) is 6.89. The number of piperidine rings is 1. The molecule has 1 aromatic heterocycles. The zero-order valence-corrected chi connectivity index (χ0v) is 16.0. The van der Waals surface area contributed by atoms with Crippen molar-refractivity contribution in [1.29, 1.82) is 0 Å². The predicted octanol–water partition coefficient (Wildman–Crippen LogP) is 3.05. The average molecular weight is 371 g/mol. The number of carbonyl (C=O) groups excluding carboxylic acids is 1. The molecule has 0 saturated carbocycles. The number of amides is 1. The molecule has 1 aromatic carbocycles. The van der Waals surface area contributed by atoms with Gasteiger partial charge in [-0.15, -0.1) is 0 Å². The summed E-state index contributed by atoms with van der Waals surface area (Å²) in [7, 11) is 0. The summed E-state index contributed by atoms with van der Waals surface area (Å²) in [6.45, 7) is 4.56. The lowest BCUT2D eigenvalue weighted by Gasteiger charge is -2.31. The second-order valence-electron chi connectivity index (χ2n) is 6.65. The highest BCUT2D eigenvalue weighted by Gasteiger charge is 2.25. The topological polar surface area (TPSA) is 58.1 Å². The van der Waals surface area contributed by atoms with E-state index in [2.05, 4.69) is 51.4 Å². The van der Waals surface area contributed by atoms with E-state index < -0.39 is 0 Å². The average Bonchev–Trinajstić information content (AvgIpc) is 2.70. The van der Waals surface area contributed by atoms with E-state index in [1.54, 1.807) is 18.6 Å². The molecule has 26 heavy (non-hydrogen) atoms. The number of hydrogen-bond acceptors (Lipinski definition) is 5. The van der Waals surface area contributed by atoms with Crippen LogP contribution in [0.25, 0.3) is 0 Å². The van der Waals surface area contributed by atoms with Crippen molar-refractivity contribution in [3.05, 3.63) is 54.0 Å². The Balaban J connectivity index is 1.31. The lowest BCUT2D eigenvalue weighted by molar-refractivity contribution is -0.125. The van der Waals surface area contributed by atoms with Gasteiger partial charge in [-0.05, 0) is 25.3 Å². The lowest BCUT2D eigenvalue weighted by Crippen LogP contribution is -2.41. The van der Waals surface area contributed by atoms with Gasteiger partial charge in [0.1, 0.15) is 5.82 Å². The molecule has 1 amide bonds. The minimum absolute atomic E-state index is 0.116. The number of rotatable bonds is 7. The highest BCUT2D eigenvalue weighted by molar-refractivity contribution is 7.98. The SMILES string of the molecule is Cc1ccc(CSCCNC(=O)C2CCN(c3cnccn3)CC2)cc1. The summed E-state index contributed by atoms with van der Waals surface area (Å²) in [5.74, 6) is 3.15. The molecule has 1 N–H and O–H groups in total. The predicted molar refractivity (Wildman–Crippen MR) is 107 cm³/mol. The number of benzene rings is 1. The molecular weight excluding hydrogens is 344 g/mol. The first-order valence-corrected chi connectivity index (χ1v) is 10.3. The van der Waals surface area contributed by atoms with Crippen molar-refractivity contribution in [2.45, 2.75) is 25.5 Å². The summed E-state index contributed by atoms with van der Waals surface area (Å²) >= 11 is 1.86. The molecule has 0 unspecified atom stereocenters. The summed E-state index contributed by atoms with van der Waals surface area (Å²) in [4.78, 5) is 23.0. The fourth-order valence-corrected chi connectivity index (χ4v) is 3.91. The van der Waals surface area contributed by atoms with Gasteiger partial charge in [0.2, 0.25) is 5.91 Å². The third kappa shape index (κ3) is 5.46. The van der Waals surface area contributed by atoms with E-state index in [4.69, 9.17) is 0 Å². The molecule has 2 aromatic rings. The Morgan fingerprint density at radius 1 is 1.23 bits per heavy atom. The van der Waals surface area contributed by atoms with Crippen molar-refractivity contribution < 1.29 is 4.79 Å². The smallest absolute Gasteiger partial charge is 0.223 e. The number of anilines is 1. The van der Waals surface area contributed by atoms with E-state index in [0.29, 0.717) is 0 Å². The van der Waals surface area contributed by atoms with Crippen LogP contribution in [-0.2, 0) is 10.5 Å². The number of nitrogens with one attached hydrogen (secondary N) is 1. The Labute approximate surface area is 159 Å². The number of thioether (sulfide) groups is 1. The van der Waals surface area contributed by atoms with Gasteiger partial charge >= 0.3 is 0 Å². The fraction of sp³-hybridized carbons (Fsp3) is 0.450. The van der Waals surface area contributed by atoms with Crippen LogP contribution in [0.5, 0.6) is 0 Å². The van der Waals surface area contributed by atoms with Gasteiger partial charge in [0.05, 0.1) is 6.20 Å². The summed E-state index contributed by atoms with van der Waals surface area (Å²) in [6, 6.07) is 8.63. The van der Waals surface area contributed by atoms with Crippen molar-refractivity contribution in [1.82, 2.24) is 15.3 Å². The number of aryl methyl sites for hydroxylation is 1. The molecule has 138 valence electrons. The summed E-state index contributed by atoms with van der Waals surface area (Å²) in [5, 5.41) is 3.10. The van der Waals surface area contributed by atoms with Gasteiger partial charge in [0.25, 0.3) is 0 Å². The van der Waals surface area contributed by atoms with E-state index in [-0.39, 0.29) is 11.8 Å². The Morgan fingerprint density at radius 3 is 2.69 bits per heavy atom. The van der Waals surface area contributed by atoms with Crippen LogP contribution in [0.15, 0.2) is 42.9 Å². The fourth-order valence-electron chi connectivity index (χ4n) is 3.09. The van der Waals surface area contributed by atoms with Crippen LogP contribution in [-0.4, -0.2) is 41.3 Å². The Bertz CT molecular complexity index is 685. The van der Waals surface area contributed by atoms with Gasteiger partial charge in [-0.2, -0.15) is 11.8 Å². The highest BCUT2D eigenvalue weighted by Crippen LogP contribution is 2.21. The standard InChI is InChI=1S/C20H26N4OS/c1-16-2-4-17(5-3-16)15-26-13-10-23-20(25)18-6-11-24(12-7-18)19-14-21-8-9-22-19/h2-5,8-9,14,18H,6-7,10-13,15H2,1H3,(H,23,25). The first-order chi connectivity index (χ1) is 12.7. The molecule has 0 radical (unpaired) electrons. The second-order valence-corrected chi connectivity index (χ2v) is 7.76. The normalized spacial score (nSPS) is 15.0. The molecule has 1 aliphatic rings. The quantitative estimate of drug-likeness (QED) is 0.759.